The van der Waals surface area contributed by atoms with Crippen LogP contribution in [-0.4, -0.2) is 20.7 Å². The number of aromatic nitrogens is 3. The molecule has 1 fully saturated rings. The van der Waals surface area contributed by atoms with Crippen LogP contribution in [0.15, 0.2) is 29.0 Å². The minimum absolute atomic E-state index is 0.154. The Morgan fingerprint density at radius 1 is 1.33 bits per heavy atom. The second kappa shape index (κ2) is 4.49. The summed E-state index contributed by atoms with van der Waals surface area (Å²) in [5, 5.41) is 3.98. The van der Waals surface area contributed by atoms with E-state index in [1.54, 1.807) is 12.4 Å². The molecule has 5 nitrogen and oxygen atoms in total. The molecule has 0 bridgehead atoms. The molecule has 3 rings (SSSR count). The maximum absolute atomic E-state index is 6.30. The average molecular weight is 244 g/mol. The molecule has 0 aromatic carbocycles. The Morgan fingerprint density at radius 2 is 2.17 bits per heavy atom. The van der Waals surface area contributed by atoms with Crippen molar-refractivity contribution in [2.75, 3.05) is 0 Å². The lowest BCUT2D eigenvalue weighted by Crippen LogP contribution is -2.38. The standard InChI is InChI=1S/C13H16N4O/c14-13(5-1-2-6-13)8-11-16-12(17-18-11)10-4-3-7-15-9-10/h3-4,7,9H,1-2,5-6,8,14H2. The van der Waals surface area contributed by atoms with Gasteiger partial charge in [0, 0.05) is 29.9 Å². The van der Waals surface area contributed by atoms with Gasteiger partial charge in [0.1, 0.15) is 0 Å². The zero-order valence-electron chi connectivity index (χ0n) is 10.2. The van der Waals surface area contributed by atoms with Crippen molar-refractivity contribution >= 4 is 0 Å². The number of hydrogen-bond acceptors (Lipinski definition) is 5. The van der Waals surface area contributed by atoms with Crippen molar-refractivity contribution in [1.82, 2.24) is 15.1 Å². The lowest BCUT2D eigenvalue weighted by atomic mass is 9.95. The first-order chi connectivity index (χ1) is 8.75. The monoisotopic (exact) mass is 244 g/mol. The Bertz CT molecular complexity index is 517. The van der Waals surface area contributed by atoms with E-state index in [2.05, 4.69) is 15.1 Å². The van der Waals surface area contributed by atoms with Gasteiger partial charge in [0.25, 0.3) is 0 Å². The zero-order valence-corrected chi connectivity index (χ0v) is 10.2. The molecule has 1 aliphatic rings. The molecule has 94 valence electrons. The number of rotatable bonds is 3. The molecule has 0 saturated heterocycles. The van der Waals surface area contributed by atoms with Gasteiger partial charge in [0.2, 0.25) is 11.7 Å². The molecular formula is C13H16N4O. The molecule has 0 spiro atoms. The molecule has 1 aliphatic carbocycles. The largest absolute Gasteiger partial charge is 0.339 e. The van der Waals surface area contributed by atoms with E-state index in [0.29, 0.717) is 18.1 Å². The molecule has 2 aromatic heterocycles. The summed E-state index contributed by atoms with van der Waals surface area (Å²) in [4.78, 5) is 8.43. The zero-order chi connectivity index (χ0) is 12.4. The number of pyridine rings is 1. The van der Waals surface area contributed by atoms with Crippen LogP contribution in [0.1, 0.15) is 31.6 Å². The van der Waals surface area contributed by atoms with E-state index in [0.717, 1.165) is 18.4 Å². The van der Waals surface area contributed by atoms with Crippen LogP contribution in [0, 0.1) is 0 Å². The van der Waals surface area contributed by atoms with Gasteiger partial charge in [-0.15, -0.1) is 0 Å². The topological polar surface area (TPSA) is 77.8 Å². The summed E-state index contributed by atoms with van der Waals surface area (Å²) in [6.45, 7) is 0. The van der Waals surface area contributed by atoms with E-state index in [1.165, 1.54) is 12.8 Å². The molecule has 2 N–H and O–H groups in total. The van der Waals surface area contributed by atoms with Gasteiger partial charge in [-0.1, -0.05) is 18.0 Å². The Morgan fingerprint density at radius 3 is 2.89 bits per heavy atom. The fourth-order valence-corrected chi connectivity index (χ4v) is 2.50. The predicted molar refractivity (Wildman–Crippen MR) is 66.6 cm³/mol. The molecule has 0 atom stereocenters. The van der Waals surface area contributed by atoms with Gasteiger partial charge >= 0.3 is 0 Å². The van der Waals surface area contributed by atoms with Crippen molar-refractivity contribution in [1.29, 1.82) is 0 Å². The highest BCUT2D eigenvalue weighted by molar-refractivity contribution is 5.51. The van der Waals surface area contributed by atoms with Crippen molar-refractivity contribution in [3.63, 3.8) is 0 Å². The normalized spacial score (nSPS) is 18.1. The van der Waals surface area contributed by atoms with Crippen LogP contribution in [0.25, 0.3) is 11.4 Å². The van der Waals surface area contributed by atoms with Crippen LogP contribution in [0.3, 0.4) is 0 Å². The van der Waals surface area contributed by atoms with Crippen molar-refractivity contribution < 1.29 is 4.52 Å². The lowest BCUT2D eigenvalue weighted by molar-refractivity contribution is 0.329. The molecule has 0 radical (unpaired) electrons. The second-order valence-corrected chi connectivity index (χ2v) is 5.00. The molecule has 5 heteroatoms. The third-order valence-corrected chi connectivity index (χ3v) is 3.49. The van der Waals surface area contributed by atoms with Gasteiger partial charge in [-0.05, 0) is 25.0 Å². The van der Waals surface area contributed by atoms with Crippen molar-refractivity contribution in [3.8, 4) is 11.4 Å². The van der Waals surface area contributed by atoms with Crippen LogP contribution in [-0.2, 0) is 6.42 Å². The SMILES string of the molecule is NC1(Cc2nc(-c3cccnc3)no2)CCCC1. The average Bonchev–Trinajstić information content (AvgIpc) is 3.00. The van der Waals surface area contributed by atoms with Gasteiger partial charge in [-0.2, -0.15) is 4.98 Å². The summed E-state index contributed by atoms with van der Waals surface area (Å²) >= 11 is 0. The van der Waals surface area contributed by atoms with Crippen LogP contribution in [0.2, 0.25) is 0 Å². The molecule has 2 aromatic rings. The van der Waals surface area contributed by atoms with Crippen LogP contribution >= 0.6 is 0 Å². The summed E-state index contributed by atoms with van der Waals surface area (Å²) in [5.74, 6) is 1.21. The summed E-state index contributed by atoms with van der Waals surface area (Å²) in [5.41, 5.74) is 7.01. The van der Waals surface area contributed by atoms with Crippen molar-refractivity contribution in [2.24, 2.45) is 5.73 Å². The summed E-state index contributed by atoms with van der Waals surface area (Å²) in [7, 11) is 0. The highest BCUT2D eigenvalue weighted by Gasteiger charge is 2.31. The molecule has 0 aliphatic heterocycles. The van der Waals surface area contributed by atoms with Crippen molar-refractivity contribution in [2.45, 2.75) is 37.6 Å². The van der Waals surface area contributed by atoms with Crippen LogP contribution in [0.5, 0.6) is 0 Å². The second-order valence-electron chi connectivity index (χ2n) is 5.00. The Hall–Kier alpha value is -1.75. The molecule has 1 saturated carbocycles. The highest BCUT2D eigenvalue weighted by atomic mass is 16.5. The van der Waals surface area contributed by atoms with Gasteiger partial charge in [-0.25, -0.2) is 0 Å². The highest BCUT2D eigenvalue weighted by Crippen LogP contribution is 2.30. The van der Waals surface area contributed by atoms with E-state index < -0.39 is 0 Å². The number of nitrogens with two attached hydrogens (primary N) is 1. The molecular weight excluding hydrogens is 228 g/mol. The smallest absolute Gasteiger partial charge is 0.228 e. The first kappa shape index (κ1) is 11.3. The van der Waals surface area contributed by atoms with E-state index in [9.17, 15) is 0 Å². The minimum Gasteiger partial charge on any atom is -0.339 e. The molecule has 0 amide bonds. The van der Waals surface area contributed by atoms with Crippen LogP contribution in [0.4, 0.5) is 0 Å². The summed E-state index contributed by atoms with van der Waals surface area (Å²) in [6.07, 6.45) is 8.58. The fourth-order valence-electron chi connectivity index (χ4n) is 2.50. The van der Waals surface area contributed by atoms with Crippen LogP contribution < -0.4 is 5.73 Å². The Labute approximate surface area is 105 Å². The fraction of sp³-hybridized carbons (Fsp3) is 0.462. The van der Waals surface area contributed by atoms with E-state index >= 15 is 0 Å². The van der Waals surface area contributed by atoms with E-state index in [1.807, 2.05) is 12.1 Å². The van der Waals surface area contributed by atoms with Crippen molar-refractivity contribution in [3.05, 3.63) is 30.4 Å². The molecule has 18 heavy (non-hydrogen) atoms. The summed E-state index contributed by atoms with van der Waals surface area (Å²) in [6, 6.07) is 3.77. The Balaban J connectivity index is 1.78. The first-order valence-corrected chi connectivity index (χ1v) is 6.27. The van der Waals surface area contributed by atoms with Gasteiger partial charge in [0.05, 0.1) is 0 Å². The maximum atomic E-state index is 6.30. The van der Waals surface area contributed by atoms with Gasteiger partial charge in [-0.3, -0.25) is 4.98 Å². The molecule has 0 unspecified atom stereocenters. The molecule has 2 heterocycles. The Kier molecular flexibility index (Phi) is 2.83. The third-order valence-electron chi connectivity index (χ3n) is 3.49. The number of nitrogens with zero attached hydrogens (tertiary/aromatic N) is 3. The predicted octanol–water partition coefficient (Wildman–Crippen LogP) is 1.95. The first-order valence-electron chi connectivity index (χ1n) is 6.27. The van der Waals surface area contributed by atoms with Gasteiger partial charge in [0.15, 0.2) is 0 Å². The summed E-state index contributed by atoms with van der Waals surface area (Å²) < 4.78 is 5.28. The number of hydrogen-bond donors (Lipinski definition) is 1. The van der Waals surface area contributed by atoms with E-state index in [-0.39, 0.29) is 5.54 Å². The lowest BCUT2D eigenvalue weighted by Gasteiger charge is -2.20. The minimum atomic E-state index is -0.154. The van der Waals surface area contributed by atoms with E-state index in [4.69, 9.17) is 10.3 Å². The maximum Gasteiger partial charge on any atom is 0.228 e. The quantitative estimate of drug-likeness (QED) is 0.892. The van der Waals surface area contributed by atoms with Gasteiger partial charge < -0.3 is 10.3 Å². The third kappa shape index (κ3) is 2.26.